The molecule has 2 heteroatoms. The molecule has 0 saturated carbocycles. The Morgan fingerprint density at radius 3 is 1.65 bits per heavy atom. The summed E-state index contributed by atoms with van der Waals surface area (Å²) in [7, 11) is 0. The van der Waals surface area contributed by atoms with Crippen LogP contribution in [0.25, 0.3) is 0 Å². The van der Waals surface area contributed by atoms with Crippen LogP contribution in [0, 0.1) is 11.6 Å². The normalized spacial score (nSPS) is 16.3. The van der Waals surface area contributed by atoms with Gasteiger partial charge in [0.25, 0.3) is 0 Å². The molecule has 0 amide bonds. The zero-order chi connectivity index (χ0) is 19.8. The highest BCUT2D eigenvalue weighted by Gasteiger charge is 2.33. The maximum Gasteiger partial charge on any atom is 0.130 e. The zero-order valence-corrected chi connectivity index (χ0v) is 18.0. The first-order valence-corrected chi connectivity index (χ1v) is 10.8. The highest BCUT2D eigenvalue weighted by Crippen LogP contribution is 2.40. The largest absolute Gasteiger partial charge is 0.207 e. The van der Waals surface area contributed by atoms with E-state index in [0.29, 0.717) is 5.56 Å². The van der Waals surface area contributed by atoms with Crippen molar-refractivity contribution in [2.45, 2.75) is 117 Å². The van der Waals surface area contributed by atoms with E-state index in [9.17, 15) is 0 Å². The summed E-state index contributed by atoms with van der Waals surface area (Å²) in [6.07, 6.45) is 10.3. The van der Waals surface area contributed by atoms with Gasteiger partial charge in [-0.05, 0) is 54.2 Å². The van der Waals surface area contributed by atoms with Crippen molar-refractivity contribution >= 4 is 0 Å². The van der Waals surface area contributed by atoms with Crippen molar-refractivity contribution in [1.29, 1.82) is 0 Å². The molecule has 1 aromatic carbocycles. The molecule has 0 nitrogen and oxygen atoms in total. The number of hydrogen-bond donors (Lipinski definition) is 0. The molecule has 0 radical (unpaired) electrons. The summed E-state index contributed by atoms with van der Waals surface area (Å²) in [5, 5.41) is 0. The van der Waals surface area contributed by atoms with Gasteiger partial charge in [0.05, 0.1) is 0 Å². The van der Waals surface area contributed by atoms with Crippen LogP contribution in [0.5, 0.6) is 0 Å². The van der Waals surface area contributed by atoms with Crippen LogP contribution in [0.15, 0.2) is 12.1 Å². The van der Waals surface area contributed by atoms with Crippen molar-refractivity contribution < 1.29 is 8.78 Å². The second kappa shape index (κ2) is 10.4. The van der Waals surface area contributed by atoms with Crippen molar-refractivity contribution in [1.82, 2.24) is 0 Å². The molecule has 0 saturated heterocycles. The molecular formula is C24H40F2. The van der Waals surface area contributed by atoms with Gasteiger partial charge in [-0.1, -0.05) is 80.1 Å². The lowest BCUT2D eigenvalue weighted by Gasteiger charge is -2.33. The van der Waals surface area contributed by atoms with Crippen molar-refractivity contribution in [3.05, 3.63) is 34.9 Å². The van der Waals surface area contributed by atoms with Crippen LogP contribution in [-0.2, 0) is 10.8 Å². The maximum atomic E-state index is 15.1. The Kier molecular flexibility index (Phi) is 9.27. The van der Waals surface area contributed by atoms with Gasteiger partial charge in [-0.15, -0.1) is 0 Å². The SMILES string of the molecule is CCCCCCC(C)(CC)c1cc(F)c(C(C)(CC)CCCC)c(F)c1. The Hall–Kier alpha value is -0.920. The molecule has 0 aliphatic heterocycles. The summed E-state index contributed by atoms with van der Waals surface area (Å²) in [5.41, 5.74) is 0.540. The quantitative estimate of drug-likeness (QED) is 0.325. The van der Waals surface area contributed by atoms with Gasteiger partial charge in [-0.2, -0.15) is 0 Å². The predicted octanol–water partition coefficient (Wildman–Crippen LogP) is 8.46. The van der Waals surface area contributed by atoms with E-state index < -0.39 is 5.41 Å². The molecular weight excluding hydrogens is 326 g/mol. The number of halogens is 2. The molecule has 150 valence electrons. The summed E-state index contributed by atoms with van der Waals surface area (Å²) in [6, 6.07) is 3.25. The number of rotatable bonds is 12. The molecule has 1 rings (SSSR count). The topological polar surface area (TPSA) is 0 Å². The second-order valence-electron chi connectivity index (χ2n) is 8.56. The van der Waals surface area contributed by atoms with Gasteiger partial charge in [0, 0.05) is 5.56 Å². The van der Waals surface area contributed by atoms with Crippen LogP contribution in [0.3, 0.4) is 0 Å². The van der Waals surface area contributed by atoms with Crippen LogP contribution in [0.4, 0.5) is 8.78 Å². The Bertz CT molecular complexity index is 528. The van der Waals surface area contributed by atoms with Crippen molar-refractivity contribution in [2.24, 2.45) is 0 Å². The van der Waals surface area contributed by atoms with E-state index in [-0.39, 0.29) is 17.0 Å². The summed E-state index contributed by atoms with van der Waals surface area (Å²) in [6.45, 7) is 12.6. The fraction of sp³-hybridized carbons (Fsp3) is 0.750. The third-order valence-corrected chi connectivity index (χ3v) is 6.57. The summed E-state index contributed by atoms with van der Waals surface area (Å²) >= 11 is 0. The van der Waals surface area contributed by atoms with Crippen LogP contribution >= 0.6 is 0 Å². The Balaban J connectivity index is 3.17. The van der Waals surface area contributed by atoms with E-state index in [2.05, 4.69) is 27.7 Å². The molecule has 0 N–H and O–H groups in total. The minimum Gasteiger partial charge on any atom is -0.207 e. The van der Waals surface area contributed by atoms with Crippen molar-refractivity contribution in [3.63, 3.8) is 0 Å². The minimum absolute atomic E-state index is 0.153. The van der Waals surface area contributed by atoms with Gasteiger partial charge in [0.2, 0.25) is 0 Å². The first-order chi connectivity index (χ1) is 12.3. The molecule has 0 heterocycles. The van der Waals surface area contributed by atoms with Gasteiger partial charge >= 0.3 is 0 Å². The Morgan fingerprint density at radius 2 is 1.19 bits per heavy atom. The van der Waals surface area contributed by atoms with Gasteiger partial charge in [0.15, 0.2) is 0 Å². The lowest BCUT2D eigenvalue weighted by molar-refractivity contribution is 0.358. The lowest BCUT2D eigenvalue weighted by Crippen LogP contribution is -2.27. The van der Waals surface area contributed by atoms with Gasteiger partial charge in [0.1, 0.15) is 11.6 Å². The van der Waals surface area contributed by atoms with E-state index in [1.54, 1.807) is 12.1 Å². The third-order valence-electron chi connectivity index (χ3n) is 6.57. The molecule has 0 bridgehead atoms. The number of unbranched alkanes of at least 4 members (excludes halogenated alkanes) is 4. The van der Waals surface area contributed by atoms with Gasteiger partial charge < -0.3 is 0 Å². The van der Waals surface area contributed by atoms with Crippen LogP contribution in [0.1, 0.15) is 117 Å². The average Bonchev–Trinajstić information content (AvgIpc) is 2.62. The van der Waals surface area contributed by atoms with Gasteiger partial charge in [-0.25, -0.2) is 8.78 Å². The average molecular weight is 367 g/mol. The summed E-state index contributed by atoms with van der Waals surface area (Å²) < 4.78 is 30.2. The molecule has 26 heavy (non-hydrogen) atoms. The van der Waals surface area contributed by atoms with Crippen molar-refractivity contribution in [3.8, 4) is 0 Å². The van der Waals surface area contributed by atoms with Crippen LogP contribution in [0.2, 0.25) is 0 Å². The minimum atomic E-state index is -0.424. The predicted molar refractivity (Wildman–Crippen MR) is 110 cm³/mol. The molecule has 2 unspecified atom stereocenters. The summed E-state index contributed by atoms with van der Waals surface area (Å²) in [5.74, 6) is -0.706. The van der Waals surface area contributed by atoms with Crippen LogP contribution < -0.4 is 0 Å². The monoisotopic (exact) mass is 366 g/mol. The molecule has 0 aromatic heterocycles. The zero-order valence-electron chi connectivity index (χ0n) is 18.0. The number of hydrogen-bond acceptors (Lipinski definition) is 0. The molecule has 1 aromatic rings. The van der Waals surface area contributed by atoms with E-state index in [1.807, 2.05) is 13.8 Å². The third kappa shape index (κ3) is 5.54. The smallest absolute Gasteiger partial charge is 0.130 e. The fourth-order valence-corrected chi connectivity index (χ4v) is 4.01. The first-order valence-electron chi connectivity index (χ1n) is 10.8. The maximum absolute atomic E-state index is 15.1. The van der Waals surface area contributed by atoms with Gasteiger partial charge in [-0.3, -0.25) is 0 Å². The fourth-order valence-electron chi connectivity index (χ4n) is 4.01. The summed E-state index contributed by atoms with van der Waals surface area (Å²) in [4.78, 5) is 0. The van der Waals surface area contributed by atoms with E-state index in [1.165, 1.54) is 19.3 Å². The number of benzene rings is 1. The van der Waals surface area contributed by atoms with Crippen molar-refractivity contribution in [2.75, 3.05) is 0 Å². The van der Waals surface area contributed by atoms with E-state index >= 15 is 8.78 Å². The molecule has 0 aliphatic carbocycles. The van der Waals surface area contributed by atoms with Crippen LogP contribution in [-0.4, -0.2) is 0 Å². The first kappa shape index (κ1) is 23.1. The second-order valence-corrected chi connectivity index (χ2v) is 8.56. The Labute approximate surface area is 160 Å². The molecule has 0 fully saturated rings. The molecule has 0 spiro atoms. The van der Waals surface area contributed by atoms with E-state index in [4.69, 9.17) is 0 Å². The standard InChI is InChI=1S/C24H40F2/c1-7-11-13-14-16-23(5,9-3)19-17-20(25)22(21(26)18-19)24(6,10-4)15-12-8-2/h17-18H,7-16H2,1-6H3. The highest BCUT2D eigenvalue weighted by molar-refractivity contribution is 5.35. The Morgan fingerprint density at radius 1 is 0.692 bits per heavy atom. The van der Waals surface area contributed by atoms with E-state index in [0.717, 1.165) is 50.5 Å². The molecule has 0 aliphatic rings. The molecule has 2 atom stereocenters. The lowest BCUT2D eigenvalue weighted by atomic mass is 9.72. The highest BCUT2D eigenvalue weighted by atomic mass is 19.1.